The fourth-order valence-corrected chi connectivity index (χ4v) is 5.09. The fourth-order valence-electron chi connectivity index (χ4n) is 5.09. The largest absolute Gasteiger partial charge is 0.394 e. The number of hydrogen-bond acceptors (Lipinski definition) is 4. The van der Waals surface area contributed by atoms with Crippen LogP contribution in [0.4, 0.5) is 0 Å². The summed E-state index contributed by atoms with van der Waals surface area (Å²) in [7, 11) is 1.76. The van der Waals surface area contributed by atoms with E-state index in [1.807, 2.05) is 24.0 Å². The standard InChI is InChI=1S/C22H30N2O4/c1-14-15(2)23-20-17(14)5-4-6-18(20)21(26)24-10-9-22(27-3)8-7-16(13-19(22)24)28-12-11-25/h4-6,16,19,23,25H,7-13H2,1-3H3/t16-,19-,22+/m0/s1. The van der Waals surface area contributed by atoms with Gasteiger partial charge in [-0.05, 0) is 51.2 Å². The summed E-state index contributed by atoms with van der Waals surface area (Å²) in [6.45, 7) is 5.18. The highest BCUT2D eigenvalue weighted by molar-refractivity contribution is 6.07. The van der Waals surface area contributed by atoms with Crippen LogP contribution in [-0.2, 0) is 9.47 Å². The molecule has 0 unspecified atom stereocenters. The van der Waals surface area contributed by atoms with E-state index >= 15 is 0 Å². The number of carbonyl (C=O) groups is 1. The van der Waals surface area contributed by atoms with Crippen molar-refractivity contribution in [3.8, 4) is 0 Å². The number of para-hydroxylation sites is 1. The lowest BCUT2D eigenvalue weighted by atomic mass is 9.79. The lowest BCUT2D eigenvalue weighted by Crippen LogP contribution is -2.53. The number of rotatable bonds is 5. The van der Waals surface area contributed by atoms with Gasteiger partial charge in [-0.3, -0.25) is 4.79 Å². The van der Waals surface area contributed by atoms with Gasteiger partial charge < -0.3 is 24.5 Å². The number of methoxy groups -OCH3 is 1. The second kappa shape index (κ2) is 7.50. The minimum Gasteiger partial charge on any atom is -0.394 e. The summed E-state index contributed by atoms with van der Waals surface area (Å²) in [6, 6.07) is 5.93. The van der Waals surface area contributed by atoms with Crippen LogP contribution < -0.4 is 0 Å². The Kier molecular flexibility index (Phi) is 5.21. The van der Waals surface area contributed by atoms with E-state index in [-0.39, 0.29) is 30.3 Å². The van der Waals surface area contributed by atoms with Crippen LogP contribution in [-0.4, -0.2) is 65.5 Å². The third-order valence-corrected chi connectivity index (χ3v) is 6.82. The van der Waals surface area contributed by atoms with Crippen LogP contribution in [0.3, 0.4) is 0 Å². The number of ether oxygens (including phenoxy) is 2. The molecule has 1 aliphatic carbocycles. The van der Waals surface area contributed by atoms with Gasteiger partial charge in [-0.1, -0.05) is 12.1 Å². The Morgan fingerprint density at radius 3 is 2.93 bits per heavy atom. The number of likely N-dealkylation sites (tertiary alicyclic amines) is 1. The lowest BCUT2D eigenvalue weighted by molar-refractivity contribution is -0.0991. The summed E-state index contributed by atoms with van der Waals surface area (Å²) in [5.74, 6) is 0.0542. The quantitative estimate of drug-likeness (QED) is 0.829. The number of fused-ring (bicyclic) bond motifs is 2. The van der Waals surface area contributed by atoms with E-state index in [0.29, 0.717) is 13.2 Å². The highest BCUT2D eigenvalue weighted by atomic mass is 16.5. The molecule has 6 nitrogen and oxygen atoms in total. The average molecular weight is 386 g/mol. The average Bonchev–Trinajstić information content (AvgIpc) is 3.23. The van der Waals surface area contributed by atoms with Crippen LogP contribution in [0.15, 0.2) is 18.2 Å². The molecule has 2 aromatic rings. The normalized spacial score (nSPS) is 27.4. The van der Waals surface area contributed by atoms with Crippen LogP contribution >= 0.6 is 0 Å². The van der Waals surface area contributed by atoms with Gasteiger partial charge in [0, 0.05) is 24.7 Å². The molecule has 2 N–H and O–H groups in total. The first kappa shape index (κ1) is 19.4. The number of H-pyrrole nitrogens is 1. The molecule has 4 rings (SSSR count). The molecular formula is C22H30N2O4. The van der Waals surface area contributed by atoms with Crippen molar-refractivity contribution in [2.24, 2.45) is 0 Å². The maximum absolute atomic E-state index is 13.6. The maximum atomic E-state index is 13.6. The number of hydrogen-bond donors (Lipinski definition) is 2. The molecule has 1 saturated heterocycles. The number of aromatic amines is 1. The van der Waals surface area contributed by atoms with Gasteiger partial charge in [-0.15, -0.1) is 0 Å². The molecule has 1 aromatic heterocycles. The summed E-state index contributed by atoms with van der Waals surface area (Å²) >= 11 is 0. The third-order valence-electron chi connectivity index (χ3n) is 6.82. The number of aromatic nitrogens is 1. The van der Waals surface area contributed by atoms with Crippen LogP contribution in [0.1, 0.15) is 47.3 Å². The predicted molar refractivity (Wildman–Crippen MR) is 108 cm³/mol. The summed E-state index contributed by atoms with van der Waals surface area (Å²) in [5, 5.41) is 10.2. The molecule has 6 heteroatoms. The second-order valence-corrected chi connectivity index (χ2v) is 8.13. The molecule has 2 fully saturated rings. The van der Waals surface area contributed by atoms with Gasteiger partial charge in [0.2, 0.25) is 0 Å². The molecule has 152 valence electrons. The van der Waals surface area contributed by atoms with Crippen molar-refractivity contribution in [3.05, 3.63) is 35.0 Å². The molecule has 2 heterocycles. The molecule has 0 radical (unpaired) electrons. The Hall–Kier alpha value is -1.89. The van der Waals surface area contributed by atoms with Crippen molar-refractivity contribution >= 4 is 16.8 Å². The predicted octanol–water partition coefficient (Wildman–Crippen LogP) is 2.95. The first-order valence-corrected chi connectivity index (χ1v) is 10.2. The number of aliphatic hydroxyl groups is 1. The van der Waals surface area contributed by atoms with Gasteiger partial charge in [0.25, 0.3) is 5.91 Å². The van der Waals surface area contributed by atoms with Crippen molar-refractivity contribution in [2.45, 2.75) is 57.3 Å². The van der Waals surface area contributed by atoms with Crippen molar-refractivity contribution in [1.82, 2.24) is 9.88 Å². The highest BCUT2D eigenvalue weighted by Gasteiger charge is 2.52. The molecular weight excluding hydrogens is 356 g/mol. The molecule has 3 atom stereocenters. The van der Waals surface area contributed by atoms with Crippen LogP contribution in [0.2, 0.25) is 0 Å². The van der Waals surface area contributed by atoms with E-state index in [1.54, 1.807) is 7.11 Å². The minimum atomic E-state index is -0.288. The van der Waals surface area contributed by atoms with E-state index in [4.69, 9.17) is 14.6 Å². The summed E-state index contributed by atoms with van der Waals surface area (Å²) in [6.07, 6.45) is 3.43. The van der Waals surface area contributed by atoms with E-state index in [2.05, 4.69) is 18.0 Å². The van der Waals surface area contributed by atoms with Crippen molar-refractivity contribution < 1.29 is 19.4 Å². The minimum absolute atomic E-state index is 0.00476. The number of aryl methyl sites for hydroxylation is 2. The molecule has 1 aromatic carbocycles. The Balaban J connectivity index is 1.65. The lowest BCUT2D eigenvalue weighted by Gasteiger charge is -2.43. The first-order chi connectivity index (χ1) is 13.5. The number of amides is 1. The number of benzene rings is 1. The molecule has 0 spiro atoms. The Morgan fingerprint density at radius 1 is 1.36 bits per heavy atom. The van der Waals surface area contributed by atoms with Crippen LogP contribution in [0, 0.1) is 13.8 Å². The SMILES string of the molecule is CO[C@@]12CC[C@H](OCCO)C[C@@H]1N(C(=O)c1cccc3c(C)c(C)[nH]c13)CC2. The Morgan fingerprint density at radius 2 is 2.18 bits per heavy atom. The van der Waals surface area contributed by atoms with Crippen LogP contribution in [0.5, 0.6) is 0 Å². The fraction of sp³-hybridized carbons (Fsp3) is 0.591. The molecule has 0 bridgehead atoms. The first-order valence-electron chi connectivity index (χ1n) is 10.2. The zero-order valence-corrected chi connectivity index (χ0v) is 17.0. The number of nitrogens with zero attached hydrogens (tertiary/aromatic N) is 1. The number of carbonyl (C=O) groups excluding carboxylic acids is 1. The smallest absolute Gasteiger partial charge is 0.256 e. The van der Waals surface area contributed by atoms with E-state index in [9.17, 15) is 4.79 Å². The maximum Gasteiger partial charge on any atom is 0.256 e. The summed E-state index contributed by atoms with van der Waals surface area (Å²) in [5.41, 5.74) is 3.63. The summed E-state index contributed by atoms with van der Waals surface area (Å²) < 4.78 is 11.8. The van der Waals surface area contributed by atoms with E-state index < -0.39 is 0 Å². The highest BCUT2D eigenvalue weighted by Crippen LogP contribution is 2.44. The Bertz CT molecular complexity index is 877. The second-order valence-electron chi connectivity index (χ2n) is 8.13. The number of nitrogens with one attached hydrogen (secondary N) is 1. The Labute approximate surface area is 165 Å². The van der Waals surface area contributed by atoms with Gasteiger partial charge in [0.1, 0.15) is 0 Å². The molecule has 2 aliphatic rings. The van der Waals surface area contributed by atoms with Crippen molar-refractivity contribution in [1.29, 1.82) is 0 Å². The van der Waals surface area contributed by atoms with E-state index in [0.717, 1.165) is 47.8 Å². The van der Waals surface area contributed by atoms with Crippen molar-refractivity contribution in [2.75, 3.05) is 26.9 Å². The van der Waals surface area contributed by atoms with E-state index in [1.165, 1.54) is 5.56 Å². The number of aliphatic hydroxyl groups excluding tert-OH is 1. The molecule has 1 saturated carbocycles. The molecule has 1 aliphatic heterocycles. The van der Waals surface area contributed by atoms with Gasteiger partial charge in [0.15, 0.2) is 0 Å². The topological polar surface area (TPSA) is 74.8 Å². The van der Waals surface area contributed by atoms with Gasteiger partial charge in [-0.2, -0.15) is 0 Å². The van der Waals surface area contributed by atoms with Gasteiger partial charge >= 0.3 is 0 Å². The zero-order valence-electron chi connectivity index (χ0n) is 17.0. The molecule has 28 heavy (non-hydrogen) atoms. The third kappa shape index (κ3) is 3.04. The summed E-state index contributed by atoms with van der Waals surface area (Å²) in [4.78, 5) is 19.0. The molecule has 1 amide bonds. The van der Waals surface area contributed by atoms with Gasteiger partial charge in [0.05, 0.1) is 42.0 Å². The zero-order chi connectivity index (χ0) is 19.9. The monoisotopic (exact) mass is 386 g/mol. The van der Waals surface area contributed by atoms with Crippen molar-refractivity contribution in [3.63, 3.8) is 0 Å². The van der Waals surface area contributed by atoms with Gasteiger partial charge in [-0.25, -0.2) is 0 Å². The van der Waals surface area contributed by atoms with Crippen LogP contribution in [0.25, 0.3) is 10.9 Å².